The van der Waals surface area contributed by atoms with Gasteiger partial charge < -0.3 is 15.7 Å². The molecule has 0 fully saturated rings. The molecule has 0 aromatic heterocycles. The second kappa shape index (κ2) is 5.49. The van der Waals surface area contributed by atoms with Crippen molar-refractivity contribution in [2.45, 2.75) is 19.4 Å². The van der Waals surface area contributed by atoms with E-state index in [-0.39, 0.29) is 12.6 Å². The molecule has 0 atom stereocenters. The third kappa shape index (κ3) is 3.97. The summed E-state index contributed by atoms with van der Waals surface area (Å²) in [6.45, 7) is 3.40. The quantitative estimate of drug-likeness (QED) is 0.742. The summed E-state index contributed by atoms with van der Waals surface area (Å²) in [7, 11) is 0. The average Bonchev–Trinajstić information content (AvgIpc) is 2.21. The molecular formula is C11H15IN2O2. The van der Waals surface area contributed by atoms with Crippen LogP contribution in [0, 0.1) is 3.57 Å². The fraction of sp³-hybridized carbons (Fsp3) is 0.364. The number of aliphatic hydroxyl groups excluding tert-OH is 1. The van der Waals surface area contributed by atoms with Crippen LogP contribution < -0.4 is 10.6 Å². The number of aliphatic hydroxyl groups is 1. The summed E-state index contributed by atoms with van der Waals surface area (Å²) < 4.78 is 0.969. The number of para-hydroxylation sites is 1. The van der Waals surface area contributed by atoms with Gasteiger partial charge in [0.2, 0.25) is 0 Å². The van der Waals surface area contributed by atoms with E-state index in [1.165, 1.54) is 0 Å². The van der Waals surface area contributed by atoms with Gasteiger partial charge in [-0.1, -0.05) is 12.1 Å². The molecule has 0 aliphatic heterocycles. The Morgan fingerprint density at radius 3 is 2.62 bits per heavy atom. The first-order valence-corrected chi connectivity index (χ1v) is 5.97. The standard InChI is InChI=1S/C11H15IN2O2/c1-11(2,7-15)14-10(16)13-9-6-4-3-5-8(9)12/h3-6,15H,7H2,1-2H3,(H2,13,14,16). The maximum atomic E-state index is 11.6. The first-order valence-electron chi connectivity index (χ1n) is 4.89. The molecule has 0 aliphatic carbocycles. The molecule has 0 aliphatic rings. The Labute approximate surface area is 109 Å². The highest BCUT2D eigenvalue weighted by molar-refractivity contribution is 14.1. The van der Waals surface area contributed by atoms with Crippen LogP contribution in [0.3, 0.4) is 0 Å². The number of nitrogens with one attached hydrogen (secondary N) is 2. The summed E-state index contributed by atoms with van der Waals surface area (Å²) in [6.07, 6.45) is 0. The molecule has 0 saturated heterocycles. The van der Waals surface area contributed by atoms with Gasteiger partial charge in [0.15, 0.2) is 0 Å². The van der Waals surface area contributed by atoms with Crippen LogP contribution in [0.5, 0.6) is 0 Å². The van der Waals surface area contributed by atoms with E-state index >= 15 is 0 Å². The van der Waals surface area contributed by atoms with Crippen LogP contribution in [0.1, 0.15) is 13.8 Å². The maximum absolute atomic E-state index is 11.6. The van der Waals surface area contributed by atoms with Crippen LogP contribution in [0.4, 0.5) is 10.5 Å². The molecule has 0 saturated carbocycles. The Balaban J connectivity index is 2.62. The van der Waals surface area contributed by atoms with Gasteiger partial charge in [-0.25, -0.2) is 4.79 Å². The lowest BCUT2D eigenvalue weighted by Crippen LogP contribution is -2.48. The smallest absolute Gasteiger partial charge is 0.319 e. The first-order chi connectivity index (χ1) is 7.44. The predicted molar refractivity (Wildman–Crippen MR) is 72.5 cm³/mol. The number of benzene rings is 1. The zero-order valence-corrected chi connectivity index (χ0v) is 11.4. The highest BCUT2D eigenvalue weighted by Crippen LogP contribution is 2.16. The second-order valence-corrected chi connectivity index (χ2v) is 5.26. The molecule has 0 heterocycles. The van der Waals surface area contributed by atoms with E-state index in [2.05, 4.69) is 33.2 Å². The predicted octanol–water partition coefficient (Wildman–Crippen LogP) is 2.18. The van der Waals surface area contributed by atoms with Gasteiger partial charge in [-0.05, 0) is 48.6 Å². The first kappa shape index (κ1) is 13.2. The molecule has 5 heteroatoms. The summed E-state index contributed by atoms with van der Waals surface area (Å²) in [6, 6.07) is 7.18. The zero-order valence-electron chi connectivity index (χ0n) is 9.25. The van der Waals surface area contributed by atoms with Gasteiger partial charge in [0.1, 0.15) is 0 Å². The molecule has 4 nitrogen and oxygen atoms in total. The highest BCUT2D eigenvalue weighted by atomic mass is 127. The normalized spacial score (nSPS) is 11.0. The highest BCUT2D eigenvalue weighted by Gasteiger charge is 2.19. The van der Waals surface area contributed by atoms with E-state index in [4.69, 9.17) is 5.11 Å². The van der Waals surface area contributed by atoms with E-state index in [0.717, 1.165) is 9.26 Å². The third-order valence-corrected chi connectivity index (χ3v) is 2.91. The minimum atomic E-state index is -0.621. The number of anilines is 1. The summed E-state index contributed by atoms with van der Waals surface area (Å²) in [5, 5.41) is 14.4. The van der Waals surface area contributed by atoms with Gasteiger partial charge in [-0.3, -0.25) is 0 Å². The van der Waals surface area contributed by atoms with E-state index in [1.54, 1.807) is 13.8 Å². The van der Waals surface area contributed by atoms with Gasteiger partial charge in [0.25, 0.3) is 0 Å². The molecule has 2 amide bonds. The topological polar surface area (TPSA) is 61.4 Å². The van der Waals surface area contributed by atoms with Crippen molar-refractivity contribution < 1.29 is 9.90 Å². The van der Waals surface area contributed by atoms with Gasteiger partial charge >= 0.3 is 6.03 Å². The molecule has 16 heavy (non-hydrogen) atoms. The minimum absolute atomic E-state index is 0.105. The van der Waals surface area contributed by atoms with Gasteiger partial charge in [0.05, 0.1) is 17.8 Å². The molecule has 0 radical (unpaired) electrons. The molecule has 1 aromatic carbocycles. The lowest BCUT2D eigenvalue weighted by Gasteiger charge is -2.23. The molecule has 0 unspecified atom stereocenters. The molecule has 0 spiro atoms. The van der Waals surface area contributed by atoms with Crippen LogP contribution in [0.15, 0.2) is 24.3 Å². The van der Waals surface area contributed by atoms with Gasteiger partial charge in [-0.15, -0.1) is 0 Å². The van der Waals surface area contributed by atoms with Crippen molar-refractivity contribution in [1.29, 1.82) is 0 Å². The van der Waals surface area contributed by atoms with Crippen molar-refractivity contribution in [3.05, 3.63) is 27.8 Å². The summed E-state index contributed by atoms with van der Waals surface area (Å²) >= 11 is 2.15. The van der Waals surface area contributed by atoms with Crippen molar-refractivity contribution in [2.24, 2.45) is 0 Å². The number of halogens is 1. The third-order valence-electron chi connectivity index (χ3n) is 1.97. The second-order valence-electron chi connectivity index (χ2n) is 4.10. The lowest BCUT2D eigenvalue weighted by atomic mass is 10.1. The van der Waals surface area contributed by atoms with Crippen molar-refractivity contribution >= 4 is 34.3 Å². The largest absolute Gasteiger partial charge is 0.394 e. The zero-order chi connectivity index (χ0) is 12.2. The molecule has 1 rings (SSSR count). The van der Waals surface area contributed by atoms with Crippen LogP contribution >= 0.6 is 22.6 Å². The van der Waals surface area contributed by atoms with Crippen LogP contribution in [0.25, 0.3) is 0 Å². The Morgan fingerprint density at radius 2 is 2.06 bits per heavy atom. The van der Waals surface area contributed by atoms with Crippen LogP contribution in [0.2, 0.25) is 0 Å². The number of hydrogen-bond donors (Lipinski definition) is 3. The number of urea groups is 1. The molecule has 0 bridgehead atoms. The summed E-state index contributed by atoms with van der Waals surface area (Å²) in [5.41, 5.74) is 0.138. The van der Waals surface area contributed by atoms with Crippen LogP contribution in [-0.2, 0) is 0 Å². The van der Waals surface area contributed by atoms with E-state index in [0.29, 0.717) is 0 Å². The molecule has 1 aromatic rings. The van der Waals surface area contributed by atoms with Gasteiger partial charge in [-0.2, -0.15) is 0 Å². The Bertz CT molecular complexity index is 380. The Hall–Kier alpha value is -0.820. The lowest BCUT2D eigenvalue weighted by molar-refractivity contribution is 0.187. The van der Waals surface area contributed by atoms with Crippen LogP contribution in [-0.4, -0.2) is 23.3 Å². The maximum Gasteiger partial charge on any atom is 0.319 e. The van der Waals surface area contributed by atoms with E-state index in [9.17, 15) is 4.79 Å². The number of carbonyl (C=O) groups excluding carboxylic acids is 1. The average molecular weight is 334 g/mol. The summed E-state index contributed by atoms with van der Waals surface area (Å²) in [4.78, 5) is 11.6. The Morgan fingerprint density at radius 1 is 1.44 bits per heavy atom. The monoisotopic (exact) mass is 334 g/mol. The number of rotatable bonds is 3. The minimum Gasteiger partial charge on any atom is -0.394 e. The van der Waals surface area contributed by atoms with Crippen molar-refractivity contribution in [1.82, 2.24) is 5.32 Å². The fourth-order valence-electron chi connectivity index (χ4n) is 1.06. The van der Waals surface area contributed by atoms with Crippen molar-refractivity contribution in [3.63, 3.8) is 0 Å². The van der Waals surface area contributed by atoms with E-state index in [1.807, 2.05) is 24.3 Å². The Kier molecular flexibility index (Phi) is 4.55. The van der Waals surface area contributed by atoms with Gasteiger partial charge in [0, 0.05) is 3.57 Å². The molecule has 88 valence electrons. The van der Waals surface area contributed by atoms with Crippen molar-refractivity contribution in [3.8, 4) is 0 Å². The van der Waals surface area contributed by atoms with Crippen molar-refractivity contribution in [2.75, 3.05) is 11.9 Å². The molecule has 3 N–H and O–H groups in total. The summed E-state index contributed by atoms with van der Waals surface area (Å²) in [5.74, 6) is 0. The fourth-order valence-corrected chi connectivity index (χ4v) is 1.59. The number of carbonyl (C=O) groups is 1. The number of amides is 2. The SMILES string of the molecule is CC(C)(CO)NC(=O)Nc1ccccc1I. The molecular weight excluding hydrogens is 319 g/mol. The number of hydrogen-bond acceptors (Lipinski definition) is 2. The van der Waals surface area contributed by atoms with E-state index < -0.39 is 5.54 Å².